The van der Waals surface area contributed by atoms with Crippen LogP contribution in [0.4, 0.5) is 0 Å². The molecule has 0 saturated carbocycles. The summed E-state index contributed by atoms with van der Waals surface area (Å²) in [5.74, 6) is -0.267. The Morgan fingerprint density at radius 2 is 0.633 bits per heavy atom. The Morgan fingerprint density at radius 1 is 0.357 bits per heavy atom. The standard InChI is InChI=1S/C79H151NO18/c1-3-5-7-9-11-13-15-17-19-21-23-25-26-27-28-29-30-31-32-33-34-35-37-38-40-42-44-46-48-50-52-54-56-63(84)62(80-67(85)57-55-53-51-49-47-45-43-41-39-36-24-22-20-18-16-14-12-10-8-6-4-2)61-93-77-73(91)70(88)75(65(59-82)95-77)98-79-74(92)71(89)76(66(60-83)96-79)97-78-72(90)69(87)68(86)64(58-81)94-78/h54,56,62-66,68-79,81-84,86-92H,3-53,55,57-61H2,1-2H3,(H,80,85)/b56-54+. The molecule has 3 fully saturated rings. The van der Waals surface area contributed by atoms with Crippen LogP contribution < -0.4 is 5.32 Å². The van der Waals surface area contributed by atoms with Crippen LogP contribution in [0.1, 0.15) is 354 Å². The number of amides is 1. The lowest BCUT2D eigenvalue weighted by Gasteiger charge is -2.48. The molecule has 3 heterocycles. The largest absolute Gasteiger partial charge is 0.394 e. The maximum absolute atomic E-state index is 13.5. The van der Waals surface area contributed by atoms with E-state index in [1.165, 1.54) is 283 Å². The highest BCUT2D eigenvalue weighted by atomic mass is 16.8. The van der Waals surface area contributed by atoms with Crippen LogP contribution >= 0.6 is 0 Å². The molecule has 19 nitrogen and oxygen atoms in total. The molecular formula is C79H151NO18. The zero-order chi connectivity index (χ0) is 71.1. The van der Waals surface area contributed by atoms with Gasteiger partial charge in [-0.05, 0) is 19.3 Å². The number of carbonyl (C=O) groups excluding carboxylic acids is 1. The summed E-state index contributed by atoms with van der Waals surface area (Å²) >= 11 is 0. The van der Waals surface area contributed by atoms with E-state index in [1.807, 2.05) is 6.08 Å². The van der Waals surface area contributed by atoms with E-state index in [0.29, 0.717) is 6.42 Å². The van der Waals surface area contributed by atoms with Crippen LogP contribution in [0.15, 0.2) is 12.2 Å². The van der Waals surface area contributed by atoms with Gasteiger partial charge < -0.3 is 89.9 Å². The summed E-state index contributed by atoms with van der Waals surface area (Å²) < 4.78 is 34.5. The van der Waals surface area contributed by atoms with Crippen molar-refractivity contribution in [2.45, 2.75) is 458 Å². The van der Waals surface area contributed by atoms with Crippen molar-refractivity contribution < 1.29 is 89.4 Å². The summed E-state index contributed by atoms with van der Waals surface area (Å²) in [5, 5.41) is 121. The van der Waals surface area contributed by atoms with E-state index >= 15 is 0 Å². The van der Waals surface area contributed by atoms with Gasteiger partial charge >= 0.3 is 0 Å². The van der Waals surface area contributed by atoms with Gasteiger partial charge in [0.25, 0.3) is 0 Å². The van der Waals surface area contributed by atoms with Gasteiger partial charge in [-0.2, -0.15) is 0 Å². The van der Waals surface area contributed by atoms with Gasteiger partial charge in [-0.1, -0.05) is 341 Å². The Morgan fingerprint density at radius 3 is 0.959 bits per heavy atom. The summed E-state index contributed by atoms with van der Waals surface area (Å²) in [4.78, 5) is 13.5. The lowest BCUT2D eigenvalue weighted by molar-refractivity contribution is -0.379. The predicted octanol–water partition coefficient (Wildman–Crippen LogP) is 13.6. The highest BCUT2D eigenvalue weighted by Crippen LogP contribution is 2.33. The maximum atomic E-state index is 13.5. The zero-order valence-electron chi connectivity index (χ0n) is 62.1. The molecule has 0 spiro atoms. The smallest absolute Gasteiger partial charge is 0.220 e. The van der Waals surface area contributed by atoms with E-state index in [1.54, 1.807) is 6.08 Å². The van der Waals surface area contributed by atoms with Gasteiger partial charge in [0.1, 0.15) is 73.2 Å². The molecule has 17 atom stereocenters. The third-order valence-electron chi connectivity index (χ3n) is 20.8. The number of aliphatic hydroxyl groups excluding tert-OH is 11. The Balaban J connectivity index is 1.36. The van der Waals surface area contributed by atoms with Crippen LogP contribution in [0.5, 0.6) is 0 Å². The van der Waals surface area contributed by atoms with E-state index < -0.39 is 124 Å². The number of carbonyl (C=O) groups is 1. The molecule has 0 aromatic heterocycles. The van der Waals surface area contributed by atoms with Gasteiger partial charge in [-0.15, -0.1) is 0 Å². The minimum atomic E-state index is -1.98. The van der Waals surface area contributed by atoms with Gasteiger partial charge in [0, 0.05) is 6.42 Å². The van der Waals surface area contributed by atoms with Crippen LogP contribution in [0.2, 0.25) is 0 Å². The van der Waals surface area contributed by atoms with E-state index in [2.05, 4.69) is 19.2 Å². The fraction of sp³-hybridized carbons (Fsp3) is 0.962. The molecule has 0 aromatic carbocycles. The SMILES string of the molecule is CCCCCCCCCCCCCCCCCCCCCCCCCCCCCCCC/C=C/C(O)C(COC1OC(CO)C(OC2OC(CO)C(OC3OC(CO)C(O)C(O)C3O)C(O)C2O)C(O)C1O)NC(=O)CCCCCCCCCCCCCCCCCCCCCCC. The molecule has 0 aliphatic carbocycles. The second kappa shape index (κ2) is 60.8. The number of hydrogen-bond donors (Lipinski definition) is 12. The Labute approximate surface area is 595 Å². The molecule has 19 heteroatoms. The van der Waals surface area contributed by atoms with Crippen LogP contribution in [0, 0.1) is 0 Å². The second-order valence-electron chi connectivity index (χ2n) is 29.6. The van der Waals surface area contributed by atoms with Crippen molar-refractivity contribution in [2.75, 3.05) is 26.4 Å². The van der Waals surface area contributed by atoms with Crippen molar-refractivity contribution in [2.24, 2.45) is 0 Å². The van der Waals surface area contributed by atoms with Crippen molar-refractivity contribution >= 4 is 5.91 Å². The number of rotatable bonds is 66. The number of unbranched alkanes of at least 4 members (excludes halogenated alkanes) is 50. The molecule has 3 aliphatic heterocycles. The summed E-state index contributed by atoms with van der Waals surface area (Å²) in [6.07, 6.45) is 44.9. The normalized spacial score (nSPS) is 26.7. The van der Waals surface area contributed by atoms with Gasteiger partial charge in [0.15, 0.2) is 18.9 Å². The van der Waals surface area contributed by atoms with E-state index in [4.69, 9.17) is 28.4 Å². The molecule has 3 saturated heterocycles. The Hall–Kier alpha value is -1.47. The maximum Gasteiger partial charge on any atom is 0.220 e. The lowest BCUT2D eigenvalue weighted by atomic mass is 9.96. The van der Waals surface area contributed by atoms with Crippen LogP contribution in [0.25, 0.3) is 0 Å². The number of allylic oxidation sites excluding steroid dienone is 1. The molecule has 3 aliphatic rings. The first-order valence-corrected chi connectivity index (χ1v) is 40.9. The molecule has 12 N–H and O–H groups in total. The van der Waals surface area contributed by atoms with Crippen molar-refractivity contribution in [1.82, 2.24) is 5.32 Å². The second-order valence-corrected chi connectivity index (χ2v) is 29.6. The zero-order valence-corrected chi connectivity index (χ0v) is 62.1. The highest BCUT2D eigenvalue weighted by Gasteiger charge is 2.54. The number of nitrogens with one attached hydrogen (secondary N) is 1. The monoisotopic (exact) mass is 1400 g/mol. The molecule has 17 unspecified atom stereocenters. The van der Waals surface area contributed by atoms with Crippen molar-refractivity contribution in [3.63, 3.8) is 0 Å². The predicted molar refractivity (Wildman–Crippen MR) is 388 cm³/mol. The molecule has 1 amide bonds. The third-order valence-corrected chi connectivity index (χ3v) is 20.8. The van der Waals surface area contributed by atoms with E-state index in [9.17, 15) is 61.0 Å². The first-order valence-electron chi connectivity index (χ1n) is 40.9. The molecule has 580 valence electrons. The summed E-state index contributed by atoms with van der Waals surface area (Å²) in [6.45, 7) is 1.80. The molecule has 0 bridgehead atoms. The number of ether oxygens (including phenoxy) is 6. The van der Waals surface area contributed by atoms with E-state index in [-0.39, 0.29) is 18.9 Å². The fourth-order valence-corrected chi connectivity index (χ4v) is 14.3. The summed E-state index contributed by atoms with van der Waals surface area (Å²) in [6, 6.07) is -0.970. The third kappa shape index (κ3) is 40.7. The average molecular weight is 1400 g/mol. The van der Waals surface area contributed by atoms with Gasteiger partial charge in [-0.3, -0.25) is 4.79 Å². The number of hydrogen-bond acceptors (Lipinski definition) is 18. The molecule has 0 radical (unpaired) electrons. The van der Waals surface area contributed by atoms with Gasteiger partial charge in [0.05, 0.1) is 38.6 Å². The summed E-state index contributed by atoms with van der Waals surface area (Å²) in [7, 11) is 0. The van der Waals surface area contributed by atoms with Gasteiger partial charge in [-0.25, -0.2) is 0 Å². The van der Waals surface area contributed by atoms with Crippen LogP contribution in [-0.4, -0.2) is 193 Å². The minimum absolute atomic E-state index is 0.250. The minimum Gasteiger partial charge on any atom is -0.394 e. The summed E-state index contributed by atoms with van der Waals surface area (Å²) in [5.41, 5.74) is 0. The molecular weight excluding hydrogens is 1250 g/mol. The first kappa shape index (κ1) is 90.7. The Kier molecular flexibility index (Phi) is 56.3. The highest BCUT2D eigenvalue weighted by molar-refractivity contribution is 5.76. The quantitative estimate of drug-likeness (QED) is 0.0199. The Bertz CT molecular complexity index is 1820. The number of aliphatic hydroxyl groups is 11. The van der Waals surface area contributed by atoms with Crippen molar-refractivity contribution in [1.29, 1.82) is 0 Å². The van der Waals surface area contributed by atoms with Crippen LogP contribution in [-0.2, 0) is 33.2 Å². The fourth-order valence-electron chi connectivity index (χ4n) is 14.3. The lowest BCUT2D eigenvalue weighted by Crippen LogP contribution is -2.66. The average Bonchev–Trinajstić information content (AvgIpc) is 0.785. The molecule has 0 aromatic rings. The van der Waals surface area contributed by atoms with E-state index in [0.717, 1.165) is 44.9 Å². The molecule has 3 rings (SSSR count). The molecule has 98 heavy (non-hydrogen) atoms. The topological polar surface area (TPSA) is 307 Å². The van der Waals surface area contributed by atoms with Crippen molar-refractivity contribution in [3.8, 4) is 0 Å². The van der Waals surface area contributed by atoms with Crippen LogP contribution in [0.3, 0.4) is 0 Å². The van der Waals surface area contributed by atoms with Crippen molar-refractivity contribution in [3.05, 3.63) is 12.2 Å². The van der Waals surface area contributed by atoms with Gasteiger partial charge in [0.2, 0.25) is 5.91 Å². The first-order chi connectivity index (χ1) is 47.8.